The molecular weight excluding hydrogens is 210 g/mol. The minimum absolute atomic E-state index is 0.303. The molecule has 2 rings (SSSR count). The van der Waals surface area contributed by atoms with Crippen molar-refractivity contribution in [3.63, 3.8) is 0 Å². The molecule has 0 N–H and O–H groups in total. The molecule has 0 saturated carbocycles. The number of carbonyl (C=O) groups is 1. The fourth-order valence-electron chi connectivity index (χ4n) is 2.09. The molecule has 0 radical (unpaired) electrons. The van der Waals surface area contributed by atoms with E-state index in [4.69, 9.17) is 0 Å². The molecule has 0 aliphatic carbocycles. The van der Waals surface area contributed by atoms with Crippen molar-refractivity contribution in [3.8, 4) is 0 Å². The highest BCUT2D eigenvalue weighted by Crippen LogP contribution is 2.16. The summed E-state index contributed by atoms with van der Waals surface area (Å²) >= 11 is 0. The van der Waals surface area contributed by atoms with Crippen molar-refractivity contribution in [2.24, 2.45) is 5.92 Å². The lowest BCUT2D eigenvalue weighted by molar-refractivity contribution is -0.112. The Kier molecular flexibility index (Phi) is 6.56. The average molecular weight is 233 g/mol. The molecule has 0 aromatic heterocycles. The van der Waals surface area contributed by atoms with Crippen LogP contribution in [0.2, 0.25) is 0 Å². The van der Waals surface area contributed by atoms with E-state index in [0.29, 0.717) is 5.92 Å². The summed E-state index contributed by atoms with van der Waals surface area (Å²) in [6.45, 7) is 7.13. The zero-order chi connectivity index (χ0) is 12.5. The molecule has 0 unspecified atom stereocenters. The molecule has 1 fully saturated rings. The monoisotopic (exact) mass is 233 g/mol. The van der Waals surface area contributed by atoms with Gasteiger partial charge in [-0.2, -0.15) is 0 Å². The third kappa shape index (κ3) is 4.70. The first-order valence-corrected chi connectivity index (χ1v) is 6.60. The maximum absolute atomic E-state index is 10.6. The Morgan fingerprint density at radius 2 is 1.76 bits per heavy atom. The summed E-state index contributed by atoms with van der Waals surface area (Å²) in [5.41, 5.74) is 1.36. The van der Waals surface area contributed by atoms with Crippen LogP contribution < -0.4 is 0 Å². The molecule has 94 valence electrons. The van der Waals surface area contributed by atoms with Gasteiger partial charge in [0.25, 0.3) is 0 Å². The zero-order valence-electron chi connectivity index (χ0n) is 10.9. The number of benzene rings is 1. The first-order chi connectivity index (χ1) is 8.38. The number of piperidine rings is 1. The molecule has 2 heteroatoms. The number of carbonyl (C=O) groups excluding carboxylic acids is 1. The van der Waals surface area contributed by atoms with E-state index in [2.05, 4.69) is 29.2 Å². The summed E-state index contributed by atoms with van der Waals surface area (Å²) < 4.78 is 0. The lowest BCUT2D eigenvalue weighted by Crippen LogP contribution is -2.33. The first kappa shape index (κ1) is 13.9. The number of aldehydes is 1. The summed E-state index contributed by atoms with van der Waals surface area (Å²) in [4.78, 5) is 13.0. The van der Waals surface area contributed by atoms with Crippen LogP contribution in [0.25, 0.3) is 0 Å². The Balaban J connectivity index is 0.000000686. The van der Waals surface area contributed by atoms with Crippen LogP contribution in [-0.4, -0.2) is 24.3 Å². The average Bonchev–Trinajstić information content (AvgIpc) is 2.43. The Bertz CT molecular complexity index is 302. The summed E-state index contributed by atoms with van der Waals surface area (Å²) in [6.07, 6.45) is 3.16. The molecule has 0 bridgehead atoms. The van der Waals surface area contributed by atoms with Crippen molar-refractivity contribution in [1.82, 2.24) is 4.90 Å². The summed E-state index contributed by atoms with van der Waals surface area (Å²) in [5, 5.41) is 0. The van der Waals surface area contributed by atoms with Crippen molar-refractivity contribution in [1.29, 1.82) is 0 Å². The molecule has 0 amide bonds. The van der Waals surface area contributed by atoms with E-state index in [1.165, 1.54) is 5.56 Å². The topological polar surface area (TPSA) is 20.3 Å². The Morgan fingerprint density at radius 3 is 2.29 bits per heavy atom. The Morgan fingerprint density at radius 1 is 1.18 bits per heavy atom. The molecule has 0 atom stereocenters. The van der Waals surface area contributed by atoms with Crippen LogP contribution in [0.15, 0.2) is 30.3 Å². The van der Waals surface area contributed by atoms with Crippen molar-refractivity contribution in [3.05, 3.63) is 35.9 Å². The van der Waals surface area contributed by atoms with Crippen molar-refractivity contribution < 1.29 is 4.79 Å². The maximum Gasteiger partial charge on any atom is 0.123 e. The van der Waals surface area contributed by atoms with E-state index in [1.807, 2.05) is 19.9 Å². The lowest BCUT2D eigenvalue weighted by Gasteiger charge is -2.29. The van der Waals surface area contributed by atoms with Crippen molar-refractivity contribution in [2.45, 2.75) is 33.2 Å². The maximum atomic E-state index is 10.6. The van der Waals surface area contributed by atoms with Crippen LogP contribution in [-0.2, 0) is 11.3 Å². The molecule has 1 aromatic carbocycles. The van der Waals surface area contributed by atoms with Crippen LogP contribution in [0.1, 0.15) is 32.3 Å². The first-order valence-electron chi connectivity index (χ1n) is 6.60. The van der Waals surface area contributed by atoms with Gasteiger partial charge in [0.2, 0.25) is 0 Å². The van der Waals surface area contributed by atoms with E-state index < -0.39 is 0 Å². The van der Waals surface area contributed by atoms with E-state index in [1.54, 1.807) is 0 Å². The minimum atomic E-state index is 0.303. The minimum Gasteiger partial charge on any atom is -0.303 e. The Labute approximate surface area is 105 Å². The van der Waals surface area contributed by atoms with Gasteiger partial charge in [0.1, 0.15) is 6.29 Å². The number of hydrogen-bond acceptors (Lipinski definition) is 2. The summed E-state index contributed by atoms with van der Waals surface area (Å²) in [7, 11) is 0. The SMILES string of the molecule is CC.O=CC1CCN(Cc2ccccc2)CC1. The summed E-state index contributed by atoms with van der Waals surface area (Å²) in [5.74, 6) is 0.303. The van der Waals surface area contributed by atoms with Crippen LogP contribution in [0.3, 0.4) is 0 Å². The second kappa shape index (κ2) is 8.02. The van der Waals surface area contributed by atoms with Crippen LogP contribution in [0.4, 0.5) is 0 Å². The molecule has 1 aliphatic heterocycles. The molecular formula is C15H23NO. The quantitative estimate of drug-likeness (QED) is 0.748. The standard InChI is InChI=1S/C13H17NO.C2H6/c15-11-13-6-8-14(9-7-13)10-12-4-2-1-3-5-12;1-2/h1-5,11,13H,6-10H2;1-2H3. The predicted octanol–water partition coefficient (Wildman–Crippen LogP) is 3.12. The zero-order valence-corrected chi connectivity index (χ0v) is 10.9. The van der Waals surface area contributed by atoms with Gasteiger partial charge in [-0.05, 0) is 31.5 Å². The van der Waals surface area contributed by atoms with Gasteiger partial charge in [-0.3, -0.25) is 4.90 Å². The van der Waals surface area contributed by atoms with Gasteiger partial charge >= 0.3 is 0 Å². The van der Waals surface area contributed by atoms with Gasteiger partial charge in [0.05, 0.1) is 0 Å². The van der Waals surface area contributed by atoms with Crippen LogP contribution >= 0.6 is 0 Å². The van der Waals surface area contributed by atoms with Crippen molar-refractivity contribution in [2.75, 3.05) is 13.1 Å². The van der Waals surface area contributed by atoms with E-state index in [0.717, 1.165) is 38.8 Å². The van der Waals surface area contributed by atoms with E-state index >= 15 is 0 Å². The molecule has 1 aliphatic rings. The third-order valence-corrected chi connectivity index (χ3v) is 3.07. The summed E-state index contributed by atoms with van der Waals surface area (Å²) in [6, 6.07) is 10.5. The highest BCUT2D eigenvalue weighted by molar-refractivity contribution is 5.53. The fraction of sp³-hybridized carbons (Fsp3) is 0.533. The van der Waals surface area contributed by atoms with Gasteiger partial charge in [-0.25, -0.2) is 0 Å². The third-order valence-electron chi connectivity index (χ3n) is 3.07. The number of hydrogen-bond donors (Lipinski definition) is 0. The van der Waals surface area contributed by atoms with Gasteiger partial charge in [0.15, 0.2) is 0 Å². The van der Waals surface area contributed by atoms with Crippen LogP contribution in [0.5, 0.6) is 0 Å². The number of likely N-dealkylation sites (tertiary alicyclic amines) is 1. The smallest absolute Gasteiger partial charge is 0.123 e. The van der Waals surface area contributed by atoms with E-state index in [-0.39, 0.29) is 0 Å². The van der Waals surface area contributed by atoms with E-state index in [9.17, 15) is 4.79 Å². The molecule has 1 aromatic rings. The second-order valence-electron chi connectivity index (χ2n) is 4.24. The van der Waals surface area contributed by atoms with Crippen molar-refractivity contribution >= 4 is 6.29 Å². The van der Waals surface area contributed by atoms with Gasteiger partial charge in [0, 0.05) is 12.5 Å². The largest absolute Gasteiger partial charge is 0.303 e. The van der Waals surface area contributed by atoms with Crippen LogP contribution in [0, 0.1) is 5.92 Å². The van der Waals surface area contributed by atoms with Gasteiger partial charge in [-0.15, -0.1) is 0 Å². The molecule has 2 nitrogen and oxygen atoms in total. The van der Waals surface area contributed by atoms with Gasteiger partial charge in [-0.1, -0.05) is 44.2 Å². The molecule has 0 spiro atoms. The predicted molar refractivity (Wildman–Crippen MR) is 71.9 cm³/mol. The number of rotatable bonds is 3. The normalized spacial score (nSPS) is 17.1. The molecule has 17 heavy (non-hydrogen) atoms. The number of nitrogens with zero attached hydrogens (tertiary/aromatic N) is 1. The highest BCUT2D eigenvalue weighted by Gasteiger charge is 2.18. The van der Waals surface area contributed by atoms with Gasteiger partial charge < -0.3 is 4.79 Å². The molecule has 1 heterocycles. The second-order valence-corrected chi connectivity index (χ2v) is 4.24. The highest BCUT2D eigenvalue weighted by atomic mass is 16.1. The lowest BCUT2D eigenvalue weighted by atomic mass is 9.98. The molecule has 1 saturated heterocycles. The fourth-order valence-corrected chi connectivity index (χ4v) is 2.09. The Hall–Kier alpha value is -1.15.